The van der Waals surface area contributed by atoms with Crippen molar-refractivity contribution in [3.8, 4) is 32.3 Å². The largest absolute Gasteiger partial charge is 0.619 e. The molecule has 5 nitrogen and oxygen atoms in total. The Morgan fingerprint density at radius 3 is 2.30 bits per heavy atom. The Morgan fingerprint density at radius 1 is 0.933 bits per heavy atom. The Kier molecular flexibility index (Phi) is 5.17. The molecule has 0 amide bonds. The van der Waals surface area contributed by atoms with E-state index in [9.17, 15) is 13.6 Å². The van der Waals surface area contributed by atoms with Gasteiger partial charge in [0.2, 0.25) is 0 Å². The first-order valence-corrected chi connectivity index (χ1v) is 12.0. The zero-order valence-electron chi connectivity index (χ0n) is 16.8. The zero-order chi connectivity index (χ0) is 21.5. The molecule has 2 aromatic heterocycles. The van der Waals surface area contributed by atoms with E-state index in [4.69, 9.17) is 4.98 Å². The fraction of sp³-hybridized carbons (Fsp3) is 0.130. The maximum atomic E-state index is 11.8. The molecule has 0 saturated carbocycles. The van der Waals surface area contributed by atoms with E-state index in [1.54, 1.807) is 37.3 Å². The van der Waals surface area contributed by atoms with Crippen LogP contribution in [0.3, 0.4) is 0 Å². The van der Waals surface area contributed by atoms with Crippen molar-refractivity contribution >= 4 is 21.2 Å². The van der Waals surface area contributed by atoms with Crippen molar-refractivity contribution < 1.29 is 13.1 Å². The highest BCUT2D eigenvalue weighted by Gasteiger charge is 2.18. The summed E-state index contributed by atoms with van der Waals surface area (Å²) in [6, 6.07) is 18.5. The molecule has 4 rings (SSSR count). The minimum absolute atomic E-state index is 0.278. The molecule has 7 heteroatoms. The summed E-state index contributed by atoms with van der Waals surface area (Å²) >= 11 is 1.52. The van der Waals surface area contributed by atoms with E-state index < -0.39 is 9.84 Å². The van der Waals surface area contributed by atoms with Crippen molar-refractivity contribution in [2.24, 2.45) is 0 Å². The third-order valence-electron chi connectivity index (χ3n) is 4.81. The molecular weight excluding hydrogens is 416 g/mol. The van der Waals surface area contributed by atoms with Gasteiger partial charge in [0.1, 0.15) is 5.01 Å². The van der Waals surface area contributed by atoms with Gasteiger partial charge in [-0.25, -0.2) is 13.4 Å². The maximum absolute atomic E-state index is 11.8. The van der Waals surface area contributed by atoms with Crippen LogP contribution in [0.25, 0.3) is 32.3 Å². The minimum Gasteiger partial charge on any atom is -0.619 e. The number of aromatic nitrogens is 2. The average Bonchev–Trinajstić information content (AvgIpc) is 3.15. The summed E-state index contributed by atoms with van der Waals surface area (Å²) < 4.78 is 24.4. The molecule has 0 atom stereocenters. The highest BCUT2D eigenvalue weighted by molar-refractivity contribution is 7.90. The van der Waals surface area contributed by atoms with Gasteiger partial charge in [-0.1, -0.05) is 35.9 Å². The fourth-order valence-electron chi connectivity index (χ4n) is 3.22. The summed E-state index contributed by atoms with van der Waals surface area (Å²) in [5.74, 6) is 0. The number of hydrogen-bond acceptors (Lipinski definition) is 5. The molecule has 0 aliphatic carbocycles. The number of aryl methyl sites for hydroxylation is 2. The average molecular weight is 437 g/mol. The van der Waals surface area contributed by atoms with Gasteiger partial charge in [0, 0.05) is 42.0 Å². The van der Waals surface area contributed by atoms with Crippen molar-refractivity contribution in [2.75, 3.05) is 6.26 Å². The predicted octanol–water partition coefficient (Wildman–Crippen LogP) is 4.80. The first-order valence-electron chi connectivity index (χ1n) is 9.31. The Morgan fingerprint density at radius 2 is 1.67 bits per heavy atom. The van der Waals surface area contributed by atoms with Crippen LogP contribution in [0.15, 0.2) is 71.8 Å². The second kappa shape index (κ2) is 7.66. The lowest BCUT2D eigenvalue weighted by atomic mass is 10.1. The molecule has 2 heterocycles. The summed E-state index contributed by atoms with van der Waals surface area (Å²) in [6.45, 7) is 3.81. The normalized spacial score (nSPS) is 11.6. The molecule has 0 fully saturated rings. The smallest absolute Gasteiger partial charge is 0.190 e. The Hall–Kier alpha value is -3.03. The minimum atomic E-state index is -3.25. The summed E-state index contributed by atoms with van der Waals surface area (Å²) in [4.78, 5) is 6.14. The molecule has 152 valence electrons. The van der Waals surface area contributed by atoms with Gasteiger partial charge < -0.3 is 5.21 Å². The molecule has 0 radical (unpaired) electrons. The van der Waals surface area contributed by atoms with Crippen molar-refractivity contribution in [3.63, 3.8) is 0 Å². The summed E-state index contributed by atoms with van der Waals surface area (Å²) in [6.07, 6.45) is 2.70. The molecule has 4 aromatic rings. The van der Waals surface area contributed by atoms with E-state index in [-0.39, 0.29) is 4.90 Å². The van der Waals surface area contributed by atoms with Crippen LogP contribution in [0.4, 0.5) is 0 Å². The number of thiazole rings is 1. The number of sulfone groups is 1. The van der Waals surface area contributed by atoms with Crippen LogP contribution in [-0.2, 0) is 9.84 Å². The molecular formula is C23H20N2O3S2. The van der Waals surface area contributed by atoms with Crippen LogP contribution in [0.2, 0.25) is 0 Å². The van der Waals surface area contributed by atoms with Crippen molar-refractivity contribution in [1.82, 2.24) is 4.98 Å². The second-order valence-electron chi connectivity index (χ2n) is 7.25. The van der Waals surface area contributed by atoms with Crippen molar-refractivity contribution in [2.45, 2.75) is 18.7 Å². The fourth-order valence-corrected chi connectivity index (χ4v) is 4.94. The molecule has 0 unspecified atom stereocenters. The summed E-state index contributed by atoms with van der Waals surface area (Å²) in [5.41, 5.74) is 5.35. The van der Waals surface area contributed by atoms with Gasteiger partial charge in [0.05, 0.1) is 15.5 Å². The molecule has 0 N–H and O–H groups in total. The third kappa shape index (κ3) is 3.99. The Bertz CT molecular complexity index is 1340. The van der Waals surface area contributed by atoms with E-state index in [0.717, 1.165) is 42.6 Å². The van der Waals surface area contributed by atoms with E-state index in [2.05, 4.69) is 6.07 Å². The van der Waals surface area contributed by atoms with Gasteiger partial charge in [-0.05, 0) is 25.1 Å². The lowest BCUT2D eigenvalue weighted by Gasteiger charge is -2.05. The van der Waals surface area contributed by atoms with Gasteiger partial charge >= 0.3 is 0 Å². The van der Waals surface area contributed by atoms with Crippen LogP contribution < -0.4 is 4.73 Å². The molecule has 2 aromatic carbocycles. The monoisotopic (exact) mass is 436 g/mol. The Labute approximate surface area is 179 Å². The molecule has 30 heavy (non-hydrogen) atoms. The number of benzene rings is 2. The molecule has 0 spiro atoms. The third-order valence-corrected chi connectivity index (χ3v) is 7.09. The second-order valence-corrected chi connectivity index (χ2v) is 10.3. The van der Waals surface area contributed by atoms with Crippen LogP contribution in [-0.4, -0.2) is 19.7 Å². The predicted molar refractivity (Wildman–Crippen MR) is 120 cm³/mol. The van der Waals surface area contributed by atoms with Crippen LogP contribution in [0.5, 0.6) is 0 Å². The van der Waals surface area contributed by atoms with Gasteiger partial charge in [0.25, 0.3) is 0 Å². The van der Waals surface area contributed by atoms with Gasteiger partial charge in [-0.2, -0.15) is 4.73 Å². The van der Waals surface area contributed by atoms with E-state index in [0.29, 0.717) is 5.69 Å². The van der Waals surface area contributed by atoms with Crippen LogP contribution >= 0.6 is 11.3 Å². The van der Waals surface area contributed by atoms with Crippen molar-refractivity contribution in [3.05, 3.63) is 83.3 Å². The van der Waals surface area contributed by atoms with E-state index >= 15 is 0 Å². The molecule has 0 aliphatic rings. The van der Waals surface area contributed by atoms with E-state index in [1.807, 2.05) is 31.2 Å². The lowest BCUT2D eigenvalue weighted by molar-refractivity contribution is -0.612. The number of pyridine rings is 1. The number of nitrogens with zero attached hydrogens (tertiary/aromatic N) is 2. The van der Waals surface area contributed by atoms with Gasteiger partial charge in [-0.3, -0.25) is 0 Å². The summed E-state index contributed by atoms with van der Waals surface area (Å²) in [5, 5.41) is 12.6. The lowest BCUT2D eigenvalue weighted by Crippen LogP contribution is -2.28. The quantitative estimate of drug-likeness (QED) is 0.340. The van der Waals surface area contributed by atoms with Gasteiger partial charge in [0.15, 0.2) is 21.7 Å². The van der Waals surface area contributed by atoms with Crippen LogP contribution in [0, 0.1) is 19.1 Å². The zero-order valence-corrected chi connectivity index (χ0v) is 18.4. The van der Waals surface area contributed by atoms with Crippen molar-refractivity contribution in [1.29, 1.82) is 0 Å². The highest BCUT2D eigenvalue weighted by atomic mass is 32.2. The summed E-state index contributed by atoms with van der Waals surface area (Å²) in [7, 11) is -3.25. The standard InChI is InChI=1S/C23H20N2O3S2/c1-15-5-4-6-18(13-15)21-22(19-11-12-25(26)16(2)14-19)29-23(24-21)17-7-9-20(10-8-17)30(3,27)28/h4-14H,1-3H3. The van der Waals surface area contributed by atoms with E-state index in [1.165, 1.54) is 23.8 Å². The molecule has 0 saturated heterocycles. The SMILES string of the molecule is Cc1cccc(-c2nc(-c3ccc(S(C)(=O)=O)cc3)sc2-c2cc[n+]([O-])c(C)c2)c1. The topological polar surface area (TPSA) is 74.0 Å². The van der Waals surface area contributed by atoms with Gasteiger partial charge in [-0.15, -0.1) is 11.3 Å². The first-order chi connectivity index (χ1) is 14.2. The highest BCUT2D eigenvalue weighted by Crippen LogP contribution is 2.40. The first kappa shape index (κ1) is 20.3. The Balaban J connectivity index is 1.88. The molecule has 0 aliphatic heterocycles. The number of rotatable bonds is 4. The number of hydrogen-bond donors (Lipinski definition) is 0. The molecule has 0 bridgehead atoms. The maximum Gasteiger partial charge on any atom is 0.190 e. The van der Waals surface area contributed by atoms with Crippen LogP contribution in [0.1, 0.15) is 11.3 Å².